The molecule has 1 atom stereocenters. The van der Waals surface area contributed by atoms with Crippen molar-refractivity contribution in [3.05, 3.63) is 30.2 Å². The number of pyridine rings is 1. The highest BCUT2D eigenvalue weighted by Gasteiger charge is 2.44. The summed E-state index contributed by atoms with van der Waals surface area (Å²) in [5, 5.41) is 9.32. The molecule has 13 heteroatoms. The van der Waals surface area contributed by atoms with Crippen LogP contribution in [0.15, 0.2) is 24.4 Å². The van der Waals surface area contributed by atoms with Crippen molar-refractivity contribution in [2.75, 3.05) is 37.7 Å². The molecule has 1 saturated heterocycles. The second-order valence-electron chi connectivity index (χ2n) is 8.62. The minimum absolute atomic E-state index is 0.127. The summed E-state index contributed by atoms with van der Waals surface area (Å²) in [6.45, 7) is -1.63. The number of anilines is 2. The molecule has 5 heterocycles. The molecule has 4 aromatic heterocycles. The van der Waals surface area contributed by atoms with Gasteiger partial charge in [0.2, 0.25) is 5.95 Å². The van der Waals surface area contributed by atoms with Crippen molar-refractivity contribution < 1.29 is 21.7 Å². The molecule has 35 heavy (non-hydrogen) atoms. The summed E-state index contributed by atoms with van der Waals surface area (Å²) in [6.07, 6.45) is -0.958. The maximum Gasteiger partial charge on any atom is 0.280 e. The molecule has 0 aromatic carbocycles. The third-order valence-electron chi connectivity index (χ3n) is 6.10. The fourth-order valence-electron chi connectivity index (χ4n) is 4.44. The van der Waals surface area contributed by atoms with E-state index >= 15 is 0 Å². The predicted molar refractivity (Wildman–Crippen MR) is 124 cm³/mol. The third-order valence-corrected chi connectivity index (χ3v) is 6.10. The van der Waals surface area contributed by atoms with Crippen LogP contribution in [-0.4, -0.2) is 79.5 Å². The number of likely N-dealkylation sites (tertiary alicyclic amines) is 1. The van der Waals surface area contributed by atoms with Gasteiger partial charge in [-0.3, -0.25) is 0 Å². The van der Waals surface area contributed by atoms with Crippen molar-refractivity contribution in [1.29, 1.82) is 0 Å². The van der Waals surface area contributed by atoms with Gasteiger partial charge in [0, 0.05) is 29.4 Å². The van der Waals surface area contributed by atoms with E-state index in [2.05, 4.69) is 30.7 Å². The number of nitrogens with one attached hydrogen (secondary N) is 2. The molecule has 0 amide bonds. The molecular weight excluding hydrogens is 466 g/mol. The van der Waals surface area contributed by atoms with Crippen LogP contribution in [-0.2, 0) is 6.54 Å². The number of rotatable bonds is 6. The van der Waals surface area contributed by atoms with Crippen molar-refractivity contribution in [2.45, 2.75) is 38.3 Å². The van der Waals surface area contributed by atoms with Gasteiger partial charge in [0.15, 0.2) is 11.5 Å². The topological polar surface area (TPSA) is 88.2 Å². The lowest BCUT2D eigenvalue weighted by atomic mass is 10.0. The van der Waals surface area contributed by atoms with E-state index in [0.717, 1.165) is 0 Å². The fraction of sp³-hybridized carbons (Fsp3) is 0.455. The SMILES string of the molecule is [2H]C([2H])([2H])Nc1nc(NC2CCN(C)CC2(F)F)nn2ccc(-c3ccc4nc(C)n(CC(F)F)c4n3)c12. The molecule has 4 aromatic rings. The van der Waals surface area contributed by atoms with E-state index in [9.17, 15) is 17.6 Å². The van der Waals surface area contributed by atoms with Gasteiger partial charge in [-0.25, -0.2) is 32.0 Å². The first-order valence-electron chi connectivity index (χ1n) is 12.4. The van der Waals surface area contributed by atoms with Gasteiger partial charge in [-0.1, -0.05) is 0 Å². The number of hydrogen-bond donors (Lipinski definition) is 2. The van der Waals surface area contributed by atoms with Crippen LogP contribution in [0.2, 0.25) is 0 Å². The average molecular weight is 495 g/mol. The Hall–Kier alpha value is -3.48. The normalized spacial score (nSPS) is 20.2. The van der Waals surface area contributed by atoms with Crippen LogP contribution in [0.3, 0.4) is 0 Å². The highest BCUT2D eigenvalue weighted by atomic mass is 19.3. The summed E-state index contributed by atoms with van der Waals surface area (Å²) in [5.74, 6) is -2.97. The van der Waals surface area contributed by atoms with E-state index in [1.165, 1.54) is 20.2 Å². The summed E-state index contributed by atoms with van der Waals surface area (Å²) in [6, 6.07) is 3.62. The highest BCUT2D eigenvalue weighted by Crippen LogP contribution is 2.32. The van der Waals surface area contributed by atoms with E-state index in [4.69, 9.17) is 4.11 Å². The second kappa shape index (κ2) is 8.63. The van der Waals surface area contributed by atoms with Crippen LogP contribution in [0.5, 0.6) is 0 Å². The van der Waals surface area contributed by atoms with Crippen molar-refractivity contribution >= 4 is 28.4 Å². The van der Waals surface area contributed by atoms with Gasteiger partial charge in [-0.15, -0.1) is 5.10 Å². The molecule has 0 bridgehead atoms. The highest BCUT2D eigenvalue weighted by molar-refractivity contribution is 5.89. The van der Waals surface area contributed by atoms with E-state index in [0.29, 0.717) is 29.1 Å². The molecule has 2 N–H and O–H groups in total. The lowest BCUT2D eigenvalue weighted by molar-refractivity contribution is -0.0675. The van der Waals surface area contributed by atoms with Crippen molar-refractivity contribution in [2.24, 2.45) is 0 Å². The lowest BCUT2D eigenvalue weighted by Crippen LogP contribution is -2.53. The van der Waals surface area contributed by atoms with Gasteiger partial charge < -0.3 is 20.1 Å². The Morgan fingerprint density at radius 3 is 2.80 bits per heavy atom. The lowest BCUT2D eigenvalue weighted by Gasteiger charge is -2.36. The third kappa shape index (κ3) is 4.24. The Morgan fingerprint density at radius 1 is 1.23 bits per heavy atom. The Bertz CT molecular complexity index is 1480. The van der Waals surface area contributed by atoms with Crippen molar-refractivity contribution in [3.8, 4) is 11.3 Å². The number of alkyl halides is 4. The zero-order valence-corrected chi connectivity index (χ0v) is 18.9. The van der Waals surface area contributed by atoms with Gasteiger partial charge in [0.1, 0.15) is 16.9 Å². The summed E-state index contributed by atoms with van der Waals surface area (Å²) in [5.41, 5.74) is 1.66. The Kier molecular flexibility index (Phi) is 4.88. The van der Waals surface area contributed by atoms with E-state index in [1.807, 2.05) is 0 Å². The summed E-state index contributed by atoms with van der Waals surface area (Å²) < 4.78 is 81.3. The zero-order valence-electron chi connectivity index (χ0n) is 21.9. The van der Waals surface area contributed by atoms with Gasteiger partial charge in [-0.05, 0) is 38.6 Å². The number of aromatic nitrogens is 6. The number of hydrogen-bond acceptors (Lipinski definition) is 7. The van der Waals surface area contributed by atoms with Crippen LogP contribution in [0.4, 0.5) is 29.3 Å². The van der Waals surface area contributed by atoms with Crippen LogP contribution < -0.4 is 10.6 Å². The first-order valence-corrected chi connectivity index (χ1v) is 10.9. The Labute approximate surface area is 202 Å². The average Bonchev–Trinajstić information content (AvgIpc) is 3.35. The number of fused-ring (bicyclic) bond motifs is 2. The van der Waals surface area contributed by atoms with Crippen LogP contribution >= 0.6 is 0 Å². The smallest absolute Gasteiger partial charge is 0.280 e. The quantitative estimate of drug-likeness (QED) is 0.397. The largest absolute Gasteiger partial charge is 0.371 e. The molecule has 0 saturated carbocycles. The molecule has 1 fully saturated rings. The van der Waals surface area contributed by atoms with Crippen molar-refractivity contribution in [1.82, 2.24) is 34.0 Å². The Morgan fingerprint density at radius 2 is 2.06 bits per heavy atom. The molecule has 0 radical (unpaired) electrons. The number of aryl methyl sites for hydroxylation is 1. The molecule has 0 aliphatic carbocycles. The monoisotopic (exact) mass is 494 g/mol. The predicted octanol–water partition coefficient (Wildman–Crippen LogP) is 3.51. The standard InChI is InChI=1S/C22H25F4N9/c1-12-28-15-5-4-14(29-20(15)34(12)10-17(23)24)13-6-9-35-18(13)19(27-2)31-21(32-35)30-16-7-8-33(3)11-22(16,25)26/h4-6,9,16-17H,7-8,10-11H2,1-3H3,(H2,27,30,31,32)/i2D3. The number of halogens is 4. The molecule has 0 spiro atoms. The number of imidazole rings is 1. The Balaban J connectivity index is 1.59. The summed E-state index contributed by atoms with van der Waals surface area (Å²) >= 11 is 0. The molecule has 5 rings (SSSR count). The van der Waals surface area contributed by atoms with E-state index in [1.54, 1.807) is 32.2 Å². The van der Waals surface area contributed by atoms with Crippen LogP contribution in [0, 0.1) is 6.92 Å². The maximum absolute atomic E-state index is 14.6. The van der Waals surface area contributed by atoms with Crippen LogP contribution in [0.25, 0.3) is 27.9 Å². The summed E-state index contributed by atoms with van der Waals surface area (Å²) in [7, 11) is 1.61. The van der Waals surface area contributed by atoms with Gasteiger partial charge >= 0.3 is 0 Å². The molecule has 9 nitrogen and oxygen atoms in total. The van der Waals surface area contributed by atoms with Gasteiger partial charge in [0.25, 0.3) is 12.3 Å². The van der Waals surface area contributed by atoms with E-state index < -0.39 is 38.5 Å². The molecule has 1 unspecified atom stereocenters. The molecule has 186 valence electrons. The number of nitrogens with zero attached hydrogens (tertiary/aromatic N) is 7. The van der Waals surface area contributed by atoms with Crippen molar-refractivity contribution in [3.63, 3.8) is 0 Å². The fourth-order valence-corrected chi connectivity index (χ4v) is 4.44. The molecular formula is C22H25F4N9. The zero-order chi connectivity index (χ0) is 27.4. The van der Waals surface area contributed by atoms with Gasteiger partial charge in [-0.2, -0.15) is 4.98 Å². The first kappa shape index (κ1) is 19.8. The number of piperidine rings is 1. The minimum atomic E-state index is -3.05. The first-order chi connectivity index (χ1) is 17.8. The maximum atomic E-state index is 14.6. The molecule has 1 aliphatic rings. The van der Waals surface area contributed by atoms with Gasteiger partial charge in [0.05, 0.1) is 24.8 Å². The summed E-state index contributed by atoms with van der Waals surface area (Å²) in [4.78, 5) is 14.6. The molecule has 1 aliphatic heterocycles. The van der Waals surface area contributed by atoms with Crippen LogP contribution in [0.1, 0.15) is 16.4 Å². The van der Waals surface area contributed by atoms with E-state index in [-0.39, 0.29) is 29.4 Å². The second-order valence-corrected chi connectivity index (χ2v) is 8.62. The minimum Gasteiger partial charge on any atom is -0.371 e.